The molecular formula is C4H14Cl2OSi2. The monoisotopic (exact) mass is 204 g/mol. The van der Waals surface area contributed by atoms with Crippen molar-refractivity contribution in [2.75, 3.05) is 12.6 Å². The fourth-order valence-corrected chi connectivity index (χ4v) is 0. The predicted molar refractivity (Wildman–Crippen MR) is 51.0 cm³/mol. The third-order valence-electron chi connectivity index (χ3n) is 0.318. The van der Waals surface area contributed by atoms with Gasteiger partial charge in [0.05, 0.1) is 0 Å². The van der Waals surface area contributed by atoms with Crippen LogP contribution in [-0.2, 0) is 4.43 Å². The predicted octanol–water partition coefficient (Wildman–Crippen LogP) is 1.12. The summed E-state index contributed by atoms with van der Waals surface area (Å²) in [5.74, 6) is 0. The van der Waals surface area contributed by atoms with E-state index >= 15 is 0 Å². The van der Waals surface area contributed by atoms with Gasteiger partial charge >= 0.3 is 0 Å². The van der Waals surface area contributed by atoms with Crippen molar-refractivity contribution in [3.05, 3.63) is 0 Å². The summed E-state index contributed by atoms with van der Waals surface area (Å²) in [6.45, 7) is 4.03. The van der Waals surface area contributed by atoms with E-state index in [1.165, 1.54) is 0 Å². The molecule has 0 bridgehead atoms. The third-order valence-corrected chi connectivity index (χ3v) is 3.77. The Hall–Kier alpha value is 0.974. The summed E-state index contributed by atoms with van der Waals surface area (Å²) in [6, 6.07) is 0. The molecule has 0 N–H and O–H groups in total. The molecule has 0 aromatic rings. The Morgan fingerprint density at radius 3 is 1.67 bits per heavy atom. The van der Waals surface area contributed by atoms with E-state index in [4.69, 9.17) is 22.7 Å². The summed E-state index contributed by atoms with van der Waals surface area (Å²) in [7, 11) is 1.16. The van der Waals surface area contributed by atoms with Crippen molar-refractivity contribution in [2.45, 2.75) is 13.1 Å². The highest BCUT2D eigenvalue weighted by Crippen LogP contribution is 2.07. The zero-order valence-electron chi connectivity index (χ0n) is 6.37. The molecule has 0 saturated carbocycles. The summed E-state index contributed by atoms with van der Waals surface area (Å²) >= 11 is 11.1. The lowest BCUT2D eigenvalue weighted by molar-refractivity contribution is 0.460. The number of rotatable bonds is 1. The molecule has 5 heteroatoms. The second-order valence-corrected chi connectivity index (χ2v) is 10.7. The summed E-state index contributed by atoms with van der Waals surface area (Å²) in [6.07, 6.45) is 0. The smallest absolute Gasteiger partial charge is 0.164 e. The van der Waals surface area contributed by atoms with Gasteiger partial charge in [0.25, 0.3) is 0 Å². The van der Waals surface area contributed by atoms with E-state index < -0.39 is 7.38 Å². The van der Waals surface area contributed by atoms with E-state index in [-0.39, 0.29) is 0 Å². The van der Waals surface area contributed by atoms with Gasteiger partial charge in [-0.15, -0.1) is 11.6 Å². The molecule has 0 aliphatic heterocycles. The molecule has 0 aromatic carbocycles. The van der Waals surface area contributed by atoms with Crippen LogP contribution < -0.4 is 0 Å². The van der Waals surface area contributed by atoms with Crippen LogP contribution >= 0.6 is 22.7 Å². The molecule has 9 heavy (non-hydrogen) atoms. The molecule has 0 radical (unpaired) electrons. The van der Waals surface area contributed by atoms with Gasteiger partial charge in [0.2, 0.25) is 0 Å². The second-order valence-electron chi connectivity index (χ2n) is 2.26. The van der Waals surface area contributed by atoms with Gasteiger partial charge in [-0.1, -0.05) is 13.1 Å². The van der Waals surface area contributed by atoms with Crippen LogP contribution in [0.2, 0.25) is 13.1 Å². The van der Waals surface area contributed by atoms with Crippen LogP contribution in [0.15, 0.2) is 0 Å². The van der Waals surface area contributed by atoms with E-state index in [0.29, 0.717) is 5.50 Å². The van der Waals surface area contributed by atoms with Gasteiger partial charge in [-0.3, -0.25) is 0 Å². The quantitative estimate of drug-likeness (QED) is 0.354. The normalized spacial score (nSPS) is 10.3. The molecule has 0 saturated heterocycles. The average molecular weight is 205 g/mol. The number of alkyl halides is 1. The first kappa shape index (κ1) is 12.6. The van der Waals surface area contributed by atoms with E-state index in [2.05, 4.69) is 4.43 Å². The van der Waals surface area contributed by atoms with Crippen molar-refractivity contribution in [1.29, 1.82) is 0 Å². The molecular weight excluding hydrogens is 191 g/mol. The van der Waals surface area contributed by atoms with Crippen LogP contribution in [0.4, 0.5) is 0 Å². The fourth-order valence-electron chi connectivity index (χ4n) is 0. The van der Waals surface area contributed by atoms with Gasteiger partial charge in [-0.25, -0.2) is 0 Å². The van der Waals surface area contributed by atoms with Crippen LogP contribution in [0.25, 0.3) is 0 Å². The van der Waals surface area contributed by atoms with Crippen LogP contribution in [0.1, 0.15) is 0 Å². The Morgan fingerprint density at radius 1 is 1.56 bits per heavy atom. The Balaban J connectivity index is 0. The van der Waals surface area contributed by atoms with Gasteiger partial charge in [-0.05, 0) is 0 Å². The number of hydrogen-bond acceptors (Lipinski definition) is 1. The summed E-state index contributed by atoms with van der Waals surface area (Å²) in [4.78, 5) is 0. The number of hydrogen-bond donors (Lipinski definition) is 0. The molecule has 0 unspecified atom stereocenters. The highest BCUT2D eigenvalue weighted by atomic mass is 35.6. The molecule has 0 spiro atoms. The Labute approximate surface area is 70.9 Å². The summed E-state index contributed by atoms with van der Waals surface area (Å²) in [5.41, 5.74) is 0.647. The molecule has 0 aliphatic rings. The number of halogens is 2. The second kappa shape index (κ2) is 7.09. The first-order valence-corrected chi connectivity index (χ1v) is 8.20. The Morgan fingerprint density at radius 2 is 1.67 bits per heavy atom. The average Bonchev–Trinajstić information content (AvgIpc) is 1.67. The van der Waals surface area contributed by atoms with E-state index in [1.54, 1.807) is 7.11 Å². The van der Waals surface area contributed by atoms with E-state index in [0.717, 1.165) is 10.5 Å². The minimum atomic E-state index is -1.39. The molecule has 0 heterocycles. The van der Waals surface area contributed by atoms with E-state index in [1.807, 2.05) is 13.1 Å². The van der Waals surface area contributed by atoms with Crippen LogP contribution in [0.5, 0.6) is 0 Å². The SMILES string of the molecule is CO[SiH3].C[Si](C)(Cl)CCl. The molecule has 0 atom stereocenters. The van der Waals surface area contributed by atoms with Crippen LogP contribution in [0, 0.1) is 0 Å². The molecule has 0 amide bonds. The molecule has 58 valence electrons. The lowest BCUT2D eigenvalue weighted by Crippen LogP contribution is -2.18. The van der Waals surface area contributed by atoms with Crippen LogP contribution in [0.3, 0.4) is 0 Å². The van der Waals surface area contributed by atoms with Crippen molar-refractivity contribution < 1.29 is 4.43 Å². The third kappa shape index (κ3) is 27.6. The zero-order chi connectivity index (χ0) is 7.91. The maximum Gasteiger partial charge on any atom is 0.164 e. The lowest BCUT2D eigenvalue weighted by atomic mass is 11.8. The standard InChI is InChI=1S/C3H8Cl2Si.CH6OSi/c1-6(2,5)3-4;1-2-3/h3H2,1-2H3;1,3H3. The van der Waals surface area contributed by atoms with Crippen molar-refractivity contribution in [3.63, 3.8) is 0 Å². The van der Waals surface area contributed by atoms with Gasteiger partial charge in [0.1, 0.15) is 10.5 Å². The lowest BCUT2D eigenvalue weighted by Gasteiger charge is -2.03. The summed E-state index contributed by atoms with van der Waals surface area (Å²) in [5, 5.41) is 0. The maximum absolute atomic E-state index is 5.72. The van der Waals surface area contributed by atoms with Crippen molar-refractivity contribution in [1.82, 2.24) is 0 Å². The van der Waals surface area contributed by atoms with Crippen molar-refractivity contribution in [3.8, 4) is 0 Å². The van der Waals surface area contributed by atoms with Crippen LogP contribution in [-0.4, -0.2) is 30.5 Å². The summed E-state index contributed by atoms with van der Waals surface area (Å²) < 4.78 is 4.39. The first-order valence-electron chi connectivity index (χ1n) is 2.63. The molecule has 0 aliphatic carbocycles. The van der Waals surface area contributed by atoms with Crippen molar-refractivity contribution in [2.24, 2.45) is 0 Å². The van der Waals surface area contributed by atoms with Crippen molar-refractivity contribution >= 4 is 40.5 Å². The Kier molecular flexibility index (Phi) is 9.94. The van der Waals surface area contributed by atoms with Gasteiger partial charge in [-0.2, -0.15) is 11.1 Å². The zero-order valence-corrected chi connectivity index (χ0v) is 10.9. The molecule has 0 fully saturated rings. The first-order chi connectivity index (χ1) is 3.97. The highest BCUT2D eigenvalue weighted by Gasteiger charge is 2.13. The largest absolute Gasteiger partial charge is 0.431 e. The molecule has 1 nitrogen and oxygen atoms in total. The minimum absolute atomic E-state index is 0.647. The highest BCUT2D eigenvalue weighted by molar-refractivity contribution is 7.21. The Bertz CT molecular complexity index is 55.0. The van der Waals surface area contributed by atoms with Gasteiger partial charge in [0.15, 0.2) is 7.38 Å². The van der Waals surface area contributed by atoms with Gasteiger partial charge in [0, 0.05) is 12.6 Å². The minimum Gasteiger partial charge on any atom is -0.431 e. The van der Waals surface area contributed by atoms with E-state index in [9.17, 15) is 0 Å². The fraction of sp³-hybridized carbons (Fsp3) is 1.00. The topological polar surface area (TPSA) is 9.23 Å². The maximum atomic E-state index is 5.72. The molecule has 0 rings (SSSR count). The van der Waals surface area contributed by atoms with Gasteiger partial charge < -0.3 is 4.43 Å². The molecule has 0 aromatic heterocycles.